The Balaban J connectivity index is 3.26. The van der Waals surface area contributed by atoms with Crippen molar-refractivity contribution in [3.8, 4) is 11.5 Å². The van der Waals surface area contributed by atoms with E-state index in [1.807, 2.05) is 0 Å². The second kappa shape index (κ2) is 4.71. The Bertz CT molecular complexity index is 406. The molecule has 1 atom stereocenters. The number of anilines is 1. The van der Waals surface area contributed by atoms with E-state index in [1.165, 1.54) is 26.4 Å². The SMILES string of the molecule is COc1cc(N)c([C@H](N)C(=O)O)cc1OC. The fourth-order valence-corrected chi connectivity index (χ4v) is 1.31. The minimum absolute atomic E-state index is 0.257. The van der Waals surface area contributed by atoms with Crippen molar-refractivity contribution in [3.63, 3.8) is 0 Å². The van der Waals surface area contributed by atoms with Crippen LogP contribution in [-0.2, 0) is 4.79 Å². The van der Waals surface area contributed by atoms with Crippen molar-refractivity contribution in [3.05, 3.63) is 17.7 Å². The highest BCUT2D eigenvalue weighted by atomic mass is 16.5. The third kappa shape index (κ3) is 2.17. The molecule has 0 bridgehead atoms. The van der Waals surface area contributed by atoms with Crippen LogP contribution >= 0.6 is 0 Å². The van der Waals surface area contributed by atoms with Crippen LogP contribution in [0, 0.1) is 0 Å². The van der Waals surface area contributed by atoms with Crippen LogP contribution in [0.15, 0.2) is 12.1 Å². The molecule has 1 rings (SSSR count). The van der Waals surface area contributed by atoms with Gasteiger partial charge in [-0.1, -0.05) is 0 Å². The van der Waals surface area contributed by atoms with Gasteiger partial charge < -0.3 is 26.0 Å². The van der Waals surface area contributed by atoms with Gasteiger partial charge in [-0.15, -0.1) is 0 Å². The van der Waals surface area contributed by atoms with E-state index in [4.69, 9.17) is 26.0 Å². The lowest BCUT2D eigenvalue weighted by Crippen LogP contribution is -2.22. The quantitative estimate of drug-likeness (QED) is 0.640. The summed E-state index contributed by atoms with van der Waals surface area (Å²) in [5.41, 5.74) is 11.7. The summed E-state index contributed by atoms with van der Waals surface area (Å²) < 4.78 is 10.1. The van der Waals surface area contributed by atoms with Crippen molar-refractivity contribution in [1.82, 2.24) is 0 Å². The number of carboxylic acid groups (broad SMARTS) is 1. The van der Waals surface area contributed by atoms with Crippen LogP contribution in [-0.4, -0.2) is 25.3 Å². The summed E-state index contributed by atoms with van der Waals surface area (Å²) in [7, 11) is 2.91. The van der Waals surface area contributed by atoms with Crippen LogP contribution in [0.3, 0.4) is 0 Å². The van der Waals surface area contributed by atoms with Gasteiger partial charge in [0.2, 0.25) is 0 Å². The van der Waals surface area contributed by atoms with Gasteiger partial charge in [0.15, 0.2) is 11.5 Å². The Morgan fingerprint density at radius 1 is 1.31 bits per heavy atom. The Kier molecular flexibility index (Phi) is 3.57. The number of methoxy groups -OCH3 is 2. The first-order valence-corrected chi connectivity index (χ1v) is 4.51. The molecule has 0 amide bonds. The summed E-state index contributed by atoms with van der Waals surface area (Å²) in [5, 5.41) is 8.80. The summed E-state index contributed by atoms with van der Waals surface area (Å²) in [4.78, 5) is 10.8. The summed E-state index contributed by atoms with van der Waals surface area (Å²) in [6, 6.07) is 1.77. The first kappa shape index (κ1) is 12.1. The largest absolute Gasteiger partial charge is 0.493 e. The van der Waals surface area contributed by atoms with Crippen molar-refractivity contribution in [2.75, 3.05) is 20.0 Å². The number of hydrogen-bond acceptors (Lipinski definition) is 5. The van der Waals surface area contributed by atoms with Crippen LogP contribution in [0.5, 0.6) is 11.5 Å². The normalized spacial score (nSPS) is 11.9. The zero-order chi connectivity index (χ0) is 12.3. The lowest BCUT2D eigenvalue weighted by Gasteiger charge is -2.14. The maximum atomic E-state index is 10.8. The third-order valence-electron chi connectivity index (χ3n) is 2.19. The van der Waals surface area contributed by atoms with Crippen molar-refractivity contribution in [2.24, 2.45) is 5.73 Å². The van der Waals surface area contributed by atoms with Gasteiger partial charge in [0.25, 0.3) is 0 Å². The van der Waals surface area contributed by atoms with E-state index in [-0.39, 0.29) is 5.69 Å². The van der Waals surface area contributed by atoms with Crippen molar-refractivity contribution < 1.29 is 19.4 Å². The zero-order valence-electron chi connectivity index (χ0n) is 9.06. The second-order valence-corrected chi connectivity index (χ2v) is 3.15. The number of nitrogens with two attached hydrogens (primary N) is 2. The predicted octanol–water partition coefficient (Wildman–Crippen LogP) is 0.370. The molecule has 0 heterocycles. The number of nitrogen functional groups attached to an aromatic ring is 1. The molecule has 0 aliphatic heterocycles. The average Bonchev–Trinajstić information content (AvgIpc) is 2.27. The Labute approximate surface area is 92.8 Å². The summed E-state index contributed by atoms with van der Waals surface area (Å²) in [6.07, 6.45) is 0. The summed E-state index contributed by atoms with van der Waals surface area (Å²) in [5.74, 6) is -0.330. The van der Waals surface area contributed by atoms with Gasteiger partial charge in [-0.25, -0.2) is 0 Å². The fourth-order valence-electron chi connectivity index (χ4n) is 1.31. The summed E-state index contributed by atoms with van der Waals surface area (Å²) >= 11 is 0. The van der Waals surface area contributed by atoms with Gasteiger partial charge in [0.1, 0.15) is 6.04 Å². The van der Waals surface area contributed by atoms with Crippen LogP contribution in [0.25, 0.3) is 0 Å². The number of aliphatic carboxylic acids is 1. The molecular formula is C10H14N2O4. The summed E-state index contributed by atoms with van der Waals surface area (Å²) in [6.45, 7) is 0. The molecular weight excluding hydrogens is 212 g/mol. The first-order valence-electron chi connectivity index (χ1n) is 4.51. The topological polar surface area (TPSA) is 108 Å². The first-order chi connectivity index (χ1) is 7.51. The van der Waals surface area contributed by atoms with Crippen molar-refractivity contribution in [2.45, 2.75) is 6.04 Å². The molecule has 5 N–H and O–H groups in total. The second-order valence-electron chi connectivity index (χ2n) is 3.15. The van der Waals surface area contributed by atoms with Gasteiger partial charge >= 0.3 is 5.97 Å². The smallest absolute Gasteiger partial charge is 0.325 e. The molecule has 16 heavy (non-hydrogen) atoms. The lowest BCUT2D eigenvalue weighted by atomic mass is 10.0. The average molecular weight is 226 g/mol. The molecule has 1 aromatic carbocycles. The van der Waals surface area contributed by atoms with E-state index >= 15 is 0 Å². The lowest BCUT2D eigenvalue weighted by molar-refractivity contribution is -0.138. The molecule has 6 nitrogen and oxygen atoms in total. The third-order valence-corrected chi connectivity index (χ3v) is 2.19. The monoisotopic (exact) mass is 226 g/mol. The van der Waals surface area contributed by atoms with E-state index in [9.17, 15) is 4.79 Å². The van der Waals surface area contributed by atoms with E-state index in [0.29, 0.717) is 17.1 Å². The predicted molar refractivity (Wildman–Crippen MR) is 58.5 cm³/mol. The maximum Gasteiger partial charge on any atom is 0.325 e. The molecule has 0 aliphatic carbocycles. The van der Waals surface area contributed by atoms with Gasteiger partial charge in [-0.2, -0.15) is 0 Å². The molecule has 6 heteroatoms. The molecule has 0 spiro atoms. The van der Waals surface area contributed by atoms with Gasteiger partial charge in [-0.3, -0.25) is 4.79 Å². The van der Waals surface area contributed by atoms with Crippen LogP contribution in [0.2, 0.25) is 0 Å². The number of hydrogen-bond donors (Lipinski definition) is 3. The van der Waals surface area contributed by atoms with Crippen LogP contribution in [0.1, 0.15) is 11.6 Å². The minimum atomic E-state index is -1.18. The Morgan fingerprint density at radius 2 is 1.81 bits per heavy atom. The van der Waals surface area contributed by atoms with Gasteiger partial charge in [0.05, 0.1) is 14.2 Å². The zero-order valence-corrected chi connectivity index (χ0v) is 9.06. The molecule has 1 aromatic rings. The standard InChI is InChI=1S/C10H14N2O4/c1-15-7-3-5(9(12)10(13)14)6(11)4-8(7)16-2/h3-4,9H,11-12H2,1-2H3,(H,13,14)/t9-/m0/s1. The van der Waals surface area contributed by atoms with E-state index < -0.39 is 12.0 Å². The van der Waals surface area contributed by atoms with Gasteiger partial charge in [-0.05, 0) is 6.07 Å². The number of carboxylic acids is 1. The Hall–Kier alpha value is -1.95. The van der Waals surface area contributed by atoms with E-state index in [0.717, 1.165) is 0 Å². The highest BCUT2D eigenvalue weighted by molar-refractivity contribution is 5.78. The van der Waals surface area contributed by atoms with Crippen molar-refractivity contribution >= 4 is 11.7 Å². The highest BCUT2D eigenvalue weighted by Crippen LogP contribution is 2.34. The van der Waals surface area contributed by atoms with E-state index in [2.05, 4.69) is 0 Å². The number of ether oxygens (including phenoxy) is 2. The van der Waals surface area contributed by atoms with Gasteiger partial charge in [0, 0.05) is 17.3 Å². The van der Waals surface area contributed by atoms with E-state index in [1.54, 1.807) is 0 Å². The minimum Gasteiger partial charge on any atom is -0.493 e. The maximum absolute atomic E-state index is 10.8. The number of benzene rings is 1. The molecule has 0 radical (unpaired) electrons. The molecule has 0 saturated carbocycles. The van der Waals surface area contributed by atoms with Crippen LogP contribution in [0.4, 0.5) is 5.69 Å². The molecule has 88 valence electrons. The molecule has 0 saturated heterocycles. The molecule has 0 fully saturated rings. The number of carbonyl (C=O) groups is 1. The van der Waals surface area contributed by atoms with Crippen LogP contribution < -0.4 is 20.9 Å². The number of rotatable bonds is 4. The molecule has 0 aliphatic rings. The fraction of sp³-hybridized carbons (Fsp3) is 0.300. The van der Waals surface area contributed by atoms with Crippen molar-refractivity contribution in [1.29, 1.82) is 0 Å². The molecule has 0 aromatic heterocycles. The Morgan fingerprint density at radius 3 is 2.25 bits per heavy atom. The highest BCUT2D eigenvalue weighted by Gasteiger charge is 2.19. The molecule has 0 unspecified atom stereocenters.